The third kappa shape index (κ3) is 2.88. The molecule has 1 aromatic carbocycles. The molecule has 0 saturated heterocycles. The number of nitrogens with zero attached hydrogens (tertiary/aromatic N) is 2. The van der Waals surface area contributed by atoms with E-state index in [0.29, 0.717) is 0 Å². The van der Waals surface area contributed by atoms with Gasteiger partial charge in [-0.15, -0.1) is 11.8 Å². The smallest absolute Gasteiger partial charge is 0.224 e. The Morgan fingerprint density at radius 3 is 2.76 bits per heavy atom. The molecule has 0 aliphatic carbocycles. The van der Waals surface area contributed by atoms with Crippen LogP contribution in [0.15, 0.2) is 29.3 Å². The molecular weight excluding hydrogens is 230 g/mol. The van der Waals surface area contributed by atoms with Gasteiger partial charge in [0.1, 0.15) is 5.03 Å². The van der Waals surface area contributed by atoms with E-state index in [-0.39, 0.29) is 0 Å². The van der Waals surface area contributed by atoms with Crippen molar-refractivity contribution >= 4 is 28.6 Å². The van der Waals surface area contributed by atoms with Crippen molar-refractivity contribution < 1.29 is 0 Å². The van der Waals surface area contributed by atoms with E-state index in [1.54, 1.807) is 11.8 Å². The maximum atomic E-state index is 4.57. The number of aromatic nitrogens is 2. The lowest BCUT2D eigenvalue weighted by molar-refractivity contribution is 0.946. The molecule has 0 atom stereocenters. The Morgan fingerprint density at radius 1 is 1.18 bits per heavy atom. The van der Waals surface area contributed by atoms with Crippen LogP contribution < -0.4 is 5.32 Å². The highest BCUT2D eigenvalue weighted by molar-refractivity contribution is 7.99. The lowest BCUT2D eigenvalue weighted by Gasteiger charge is -2.08. The van der Waals surface area contributed by atoms with Crippen molar-refractivity contribution in [1.82, 2.24) is 9.97 Å². The number of anilines is 1. The molecule has 0 radical (unpaired) electrons. The average Bonchev–Trinajstić information content (AvgIpc) is 2.37. The van der Waals surface area contributed by atoms with Crippen molar-refractivity contribution in [2.45, 2.75) is 25.3 Å². The van der Waals surface area contributed by atoms with Gasteiger partial charge in [-0.25, -0.2) is 9.97 Å². The maximum absolute atomic E-state index is 4.57. The van der Waals surface area contributed by atoms with Gasteiger partial charge < -0.3 is 5.32 Å². The van der Waals surface area contributed by atoms with Gasteiger partial charge in [-0.2, -0.15) is 0 Å². The van der Waals surface area contributed by atoms with Crippen LogP contribution in [-0.2, 0) is 0 Å². The van der Waals surface area contributed by atoms with E-state index in [1.165, 1.54) is 0 Å². The summed E-state index contributed by atoms with van der Waals surface area (Å²) in [5.41, 5.74) is 1.01. The fourth-order valence-electron chi connectivity index (χ4n) is 1.61. The third-order valence-corrected chi connectivity index (χ3v) is 3.26. The molecule has 0 saturated carbocycles. The van der Waals surface area contributed by atoms with E-state index < -0.39 is 0 Å². The number of thioether (sulfide) groups is 1. The van der Waals surface area contributed by atoms with Crippen LogP contribution in [0.4, 0.5) is 5.95 Å². The van der Waals surface area contributed by atoms with E-state index in [9.17, 15) is 0 Å². The molecule has 0 amide bonds. The van der Waals surface area contributed by atoms with Gasteiger partial charge in [0.2, 0.25) is 5.95 Å². The highest BCUT2D eigenvalue weighted by Gasteiger charge is 2.06. The number of benzene rings is 1. The first-order chi connectivity index (χ1) is 8.35. The Balaban J connectivity index is 2.43. The number of rotatable bonds is 5. The molecule has 3 nitrogen and oxygen atoms in total. The van der Waals surface area contributed by atoms with Gasteiger partial charge in [-0.1, -0.05) is 32.0 Å². The Hall–Kier alpha value is -1.29. The lowest BCUT2D eigenvalue weighted by atomic mass is 10.2. The van der Waals surface area contributed by atoms with Crippen LogP contribution in [0.25, 0.3) is 10.9 Å². The molecule has 2 rings (SSSR count). The van der Waals surface area contributed by atoms with Crippen LogP contribution >= 0.6 is 11.8 Å². The summed E-state index contributed by atoms with van der Waals surface area (Å²) in [5.74, 6) is 1.76. The number of nitrogens with one attached hydrogen (secondary N) is 1. The van der Waals surface area contributed by atoms with Gasteiger partial charge in [0.05, 0.1) is 5.52 Å². The maximum Gasteiger partial charge on any atom is 0.224 e. The molecule has 1 heterocycles. The summed E-state index contributed by atoms with van der Waals surface area (Å²) in [5, 5.41) is 5.46. The standard InChI is InChI=1S/C13H17N3S/c1-3-9-14-13-15-11-8-6-5-7-10(11)12(16-13)17-4-2/h5-8H,3-4,9H2,1-2H3,(H,14,15,16). The average molecular weight is 247 g/mol. The zero-order valence-electron chi connectivity index (χ0n) is 10.2. The molecule has 1 aromatic heterocycles. The first kappa shape index (κ1) is 12.2. The van der Waals surface area contributed by atoms with E-state index in [0.717, 1.165) is 40.6 Å². The molecular formula is C13H17N3S. The molecule has 4 heteroatoms. The summed E-state index contributed by atoms with van der Waals surface area (Å²) in [6.45, 7) is 5.19. The first-order valence-corrected chi connectivity index (χ1v) is 6.97. The third-order valence-electron chi connectivity index (χ3n) is 2.38. The van der Waals surface area contributed by atoms with Gasteiger partial charge in [-0.3, -0.25) is 0 Å². The zero-order valence-corrected chi connectivity index (χ0v) is 11.0. The number of para-hydroxylation sites is 1. The Bertz CT molecular complexity index is 499. The lowest BCUT2D eigenvalue weighted by Crippen LogP contribution is -2.05. The van der Waals surface area contributed by atoms with Crippen molar-refractivity contribution in [2.24, 2.45) is 0 Å². The van der Waals surface area contributed by atoms with E-state index in [4.69, 9.17) is 0 Å². The van der Waals surface area contributed by atoms with Crippen molar-refractivity contribution in [1.29, 1.82) is 0 Å². The topological polar surface area (TPSA) is 37.8 Å². The minimum atomic E-state index is 0.738. The van der Waals surface area contributed by atoms with Crippen LogP contribution in [-0.4, -0.2) is 22.3 Å². The normalized spacial score (nSPS) is 10.7. The molecule has 90 valence electrons. The van der Waals surface area contributed by atoms with Crippen molar-refractivity contribution in [3.63, 3.8) is 0 Å². The summed E-state index contributed by atoms with van der Waals surface area (Å²) in [6.07, 6.45) is 1.08. The van der Waals surface area contributed by atoms with E-state index in [2.05, 4.69) is 35.2 Å². The van der Waals surface area contributed by atoms with Gasteiger partial charge in [0.25, 0.3) is 0 Å². The van der Waals surface area contributed by atoms with Crippen molar-refractivity contribution in [3.8, 4) is 0 Å². The zero-order chi connectivity index (χ0) is 12.1. The van der Waals surface area contributed by atoms with Crippen LogP contribution in [0.1, 0.15) is 20.3 Å². The predicted molar refractivity (Wildman–Crippen MR) is 74.7 cm³/mol. The van der Waals surface area contributed by atoms with Crippen molar-refractivity contribution in [3.05, 3.63) is 24.3 Å². The Morgan fingerprint density at radius 2 is 2.00 bits per heavy atom. The highest BCUT2D eigenvalue weighted by atomic mass is 32.2. The number of fused-ring (bicyclic) bond motifs is 1. The molecule has 0 unspecified atom stereocenters. The van der Waals surface area contributed by atoms with Crippen LogP contribution in [0.5, 0.6) is 0 Å². The van der Waals surface area contributed by atoms with E-state index in [1.807, 2.05) is 18.2 Å². The Kier molecular flexibility index (Phi) is 4.20. The largest absolute Gasteiger partial charge is 0.354 e. The van der Waals surface area contributed by atoms with Crippen molar-refractivity contribution in [2.75, 3.05) is 17.6 Å². The second-order valence-corrected chi connectivity index (χ2v) is 4.98. The molecule has 0 aliphatic heterocycles. The predicted octanol–water partition coefficient (Wildman–Crippen LogP) is 3.56. The summed E-state index contributed by atoms with van der Waals surface area (Å²) in [7, 11) is 0. The monoisotopic (exact) mass is 247 g/mol. The summed E-state index contributed by atoms with van der Waals surface area (Å²) >= 11 is 1.76. The molecule has 0 fully saturated rings. The molecule has 0 bridgehead atoms. The molecule has 0 aliphatic rings. The molecule has 17 heavy (non-hydrogen) atoms. The number of hydrogen-bond donors (Lipinski definition) is 1. The molecule has 1 N–H and O–H groups in total. The summed E-state index contributed by atoms with van der Waals surface area (Å²) < 4.78 is 0. The highest BCUT2D eigenvalue weighted by Crippen LogP contribution is 2.25. The second-order valence-electron chi connectivity index (χ2n) is 3.73. The Labute approximate surface area is 106 Å². The second kappa shape index (κ2) is 5.87. The van der Waals surface area contributed by atoms with Crippen LogP contribution in [0, 0.1) is 0 Å². The summed E-state index contributed by atoms with van der Waals surface area (Å²) in [6, 6.07) is 8.16. The minimum absolute atomic E-state index is 0.738. The quantitative estimate of drug-likeness (QED) is 0.647. The SMILES string of the molecule is CCCNc1nc(SCC)c2ccccc2n1. The van der Waals surface area contributed by atoms with Gasteiger partial charge in [0, 0.05) is 11.9 Å². The van der Waals surface area contributed by atoms with Gasteiger partial charge in [-0.05, 0) is 18.2 Å². The first-order valence-electron chi connectivity index (χ1n) is 5.98. The molecule has 0 spiro atoms. The van der Waals surface area contributed by atoms with E-state index >= 15 is 0 Å². The minimum Gasteiger partial charge on any atom is -0.354 e. The fraction of sp³-hybridized carbons (Fsp3) is 0.385. The van der Waals surface area contributed by atoms with Crippen LogP contribution in [0.3, 0.4) is 0 Å². The van der Waals surface area contributed by atoms with Crippen LogP contribution in [0.2, 0.25) is 0 Å². The summed E-state index contributed by atoms with van der Waals surface area (Å²) in [4.78, 5) is 9.09. The number of hydrogen-bond acceptors (Lipinski definition) is 4. The van der Waals surface area contributed by atoms with Gasteiger partial charge in [0.15, 0.2) is 0 Å². The van der Waals surface area contributed by atoms with Gasteiger partial charge >= 0.3 is 0 Å². The fourth-order valence-corrected chi connectivity index (χ4v) is 2.36. The molecule has 2 aromatic rings.